The van der Waals surface area contributed by atoms with Crippen molar-refractivity contribution in [3.63, 3.8) is 0 Å². The summed E-state index contributed by atoms with van der Waals surface area (Å²) < 4.78 is 23.8. The van der Waals surface area contributed by atoms with E-state index in [0.717, 1.165) is 34.9 Å². The Kier molecular flexibility index (Phi) is 7.04. The average molecular weight is 539 g/mol. The van der Waals surface area contributed by atoms with Crippen LogP contribution in [-0.4, -0.2) is 68.8 Å². The van der Waals surface area contributed by atoms with Gasteiger partial charge in [0.1, 0.15) is 5.82 Å². The molecule has 0 bridgehead atoms. The van der Waals surface area contributed by atoms with Crippen LogP contribution in [0, 0.1) is 6.92 Å². The SMILES string of the molecule is CC(=O)c1ccc(N2CCN(c3nc(-c4cc(C)cs4)ccc3C(=O)N[C@@H]3CCS(=O)(=O)C3)CC2)cc1. The van der Waals surface area contributed by atoms with Crippen LogP contribution >= 0.6 is 11.3 Å². The quantitative estimate of drug-likeness (QED) is 0.479. The summed E-state index contributed by atoms with van der Waals surface area (Å²) in [5.41, 5.74) is 4.19. The number of ketones is 1. The number of amides is 1. The van der Waals surface area contributed by atoms with Crippen molar-refractivity contribution in [2.45, 2.75) is 26.3 Å². The molecule has 10 heteroatoms. The van der Waals surface area contributed by atoms with Crippen molar-refractivity contribution in [1.82, 2.24) is 10.3 Å². The highest BCUT2D eigenvalue weighted by Gasteiger charge is 2.31. The number of carbonyl (C=O) groups excluding carboxylic acids is 2. The maximum absolute atomic E-state index is 13.3. The van der Waals surface area contributed by atoms with Crippen LogP contribution in [0.15, 0.2) is 47.8 Å². The van der Waals surface area contributed by atoms with E-state index in [1.807, 2.05) is 37.3 Å². The van der Waals surface area contributed by atoms with Gasteiger partial charge in [-0.05, 0) is 73.7 Å². The zero-order valence-electron chi connectivity index (χ0n) is 20.9. The van der Waals surface area contributed by atoms with Crippen molar-refractivity contribution in [3.8, 4) is 10.6 Å². The van der Waals surface area contributed by atoms with E-state index >= 15 is 0 Å². The van der Waals surface area contributed by atoms with Crippen molar-refractivity contribution >= 4 is 44.4 Å². The fourth-order valence-electron chi connectivity index (χ4n) is 4.82. The van der Waals surface area contributed by atoms with Crippen LogP contribution in [0.2, 0.25) is 0 Å². The lowest BCUT2D eigenvalue weighted by atomic mass is 10.1. The van der Waals surface area contributed by atoms with Crippen molar-refractivity contribution in [3.05, 3.63) is 64.5 Å². The van der Waals surface area contributed by atoms with Gasteiger partial charge in [-0.15, -0.1) is 11.3 Å². The highest BCUT2D eigenvalue weighted by Crippen LogP contribution is 2.30. The van der Waals surface area contributed by atoms with E-state index in [4.69, 9.17) is 4.98 Å². The number of benzene rings is 1. The summed E-state index contributed by atoms with van der Waals surface area (Å²) in [7, 11) is -3.10. The largest absolute Gasteiger partial charge is 0.368 e. The lowest BCUT2D eigenvalue weighted by molar-refractivity contribution is 0.0940. The number of piperazine rings is 1. The van der Waals surface area contributed by atoms with Gasteiger partial charge in [0.25, 0.3) is 5.91 Å². The molecule has 2 saturated heterocycles. The number of anilines is 2. The molecule has 2 aliphatic heterocycles. The maximum atomic E-state index is 13.3. The van der Waals surface area contributed by atoms with Gasteiger partial charge >= 0.3 is 0 Å². The zero-order chi connectivity index (χ0) is 26.2. The predicted octanol–water partition coefficient (Wildman–Crippen LogP) is 3.56. The Hall–Kier alpha value is -3.24. The summed E-state index contributed by atoms with van der Waals surface area (Å²) in [4.78, 5) is 35.3. The number of hydrogen-bond donors (Lipinski definition) is 1. The lowest BCUT2D eigenvalue weighted by Gasteiger charge is -2.37. The standard InChI is InChI=1S/C27H30N4O4S2/c1-18-15-25(36-16-18)24-8-7-23(27(33)28-21-9-14-37(34,35)17-21)26(29-24)31-12-10-30(11-13-31)22-5-3-20(4-6-22)19(2)32/h3-8,15-16,21H,9-14,17H2,1-2H3,(H,28,33)/t21-/m1/s1. The molecular weight excluding hydrogens is 508 g/mol. The molecular formula is C27H30N4O4S2. The normalized spacial score (nSPS) is 19.1. The highest BCUT2D eigenvalue weighted by molar-refractivity contribution is 7.91. The van der Waals surface area contributed by atoms with Gasteiger partial charge in [0.15, 0.2) is 15.6 Å². The third kappa shape index (κ3) is 5.70. The molecule has 1 aromatic carbocycles. The molecule has 2 fully saturated rings. The molecule has 8 nitrogen and oxygen atoms in total. The average Bonchev–Trinajstić information content (AvgIpc) is 3.48. The Morgan fingerprint density at radius 3 is 2.32 bits per heavy atom. The number of thiophene rings is 1. The van der Waals surface area contributed by atoms with Gasteiger partial charge in [0.05, 0.1) is 27.6 Å². The number of Topliss-reactive ketones (excluding diaryl/α,β-unsaturated/α-hetero) is 1. The second-order valence-electron chi connectivity index (χ2n) is 9.71. The molecule has 0 unspecified atom stereocenters. The summed E-state index contributed by atoms with van der Waals surface area (Å²) in [5, 5.41) is 5.00. The van der Waals surface area contributed by atoms with Crippen molar-refractivity contribution in [1.29, 1.82) is 0 Å². The number of sulfone groups is 1. The van der Waals surface area contributed by atoms with Crippen LogP contribution in [0.1, 0.15) is 39.6 Å². The Bertz CT molecular complexity index is 1420. The minimum atomic E-state index is -3.10. The van der Waals surface area contributed by atoms with Crippen LogP contribution < -0.4 is 15.1 Å². The van der Waals surface area contributed by atoms with Gasteiger partial charge in [-0.3, -0.25) is 9.59 Å². The van der Waals surface area contributed by atoms with Gasteiger partial charge in [-0.2, -0.15) is 0 Å². The van der Waals surface area contributed by atoms with E-state index in [-0.39, 0.29) is 29.2 Å². The van der Waals surface area contributed by atoms with E-state index in [1.54, 1.807) is 24.3 Å². The van der Waals surface area contributed by atoms with Gasteiger partial charge in [-0.25, -0.2) is 13.4 Å². The van der Waals surface area contributed by atoms with E-state index in [2.05, 4.69) is 26.6 Å². The molecule has 0 radical (unpaired) electrons. The summed E-state index contributed by atoms with van der Waals surface area (Å²) in [6, 6.07) is 13.0. The smallest absolute Gasteiger partial charge is 0.255 e. The van der Waals surface area contributed by atoms with Gasteiger partial charge < -0.3 is 15.1 Å². The molecule has 0 saturated carbocycles. The number of rotatable bonds is 6. The molecule has 3 aromatic rings. The minimum absolute atomic E-state index is 0.0187. The first kappa shape index (κ1) is 25.4. The Morgan fingerprint density at radius 1 is 1.03 bits per heavy atom. The van der Waals surface area contributed by atoms with Gasteiger partial charge in [0, 0.05) is 43.5 Å². The maximum Gasteiger partial charge on any atom is 0.255 e. The Labute approximate surface area is 221 Å². The fraction of sp³-hybridized carbons (Fsp3) is 0.370. The first-order valence-corrected chi connectivity index (χ1v) is 15.1. The van der Waals surface area contributed by atoms with Crippen LogP contribution in [0.5, 0.6) is 0 Å². The van der Waals surface area contributed by atoms with E-state index < -0.39 is 9.84 Å². The number of nitrogens with zero attached hydrogens (tertiary/aromatic N) is 3. The van der Waals surface area contributed by atoms with E-state index in [1.165, 1.54) is 0 Å². The van der Waals surface area contributed by atoms with Crippen molar-refractivity contribution < 1.29 is 18.0 Å². The molecule has 1 atom stereocenters. The molecule has 0 spiro atoms. The van der Waals surface area contributed by atoms with Gasteiger partial charge in [0.2, 0.25) is 0 Å². The highest BCUT2D eigenvalue weighted by atomic mass is 32.2. The van der Waals surface area contributed by atoms with E-state index in [0.29, 0.717) is 36.5 Å². The number of pyridine rings is 1. The number of aryl methyl sites for hydroxylation is 1. The molecule has 2 aliphatic rings. The lowest BCUT2D eigenvalue weighted by Crippen LogP contribution is -2.47. The van der Waals surface area contributed by atoms with Crippen LogP contribution in [0.3, 0.4) is 0 Å². The third-order valence-electron chi connectivity index (χ3n) is 6.89. The summed E-state index contributed by atoms with van der Waals surface area (Å²) >= 11 is 1.62. The molecule has 194 valence electrons. The Balaban J connectivity index is 1.38. The van der Waals surface area contributed by atoms with Crippen molar-refractivity contribution in [2.24, 2.45) is 0 Å². The molecule has 1 amide bonds. The second kappa shape index (κ2) is 10.3. The molecule has 5 rings (SSSR count). The van der Waals surface area contributed by atoms with Gasteiger partial charge in [-0.1, -0.05) is 0 Å². The first-order chi connectivity index (χ1) is 17.7. The first-order valence-electron chi connectivity index (χ1n) is 12.4. The summed E-state index contributed by atoms with van der Waals surface area (Å²) in [6.07, 6.45) is 0.435. The molecule has 4 heterocycles. The number of aromatic nitrogens is 1. The third-order valence-corrected chi connectivity index (χ3v) is 9.73. The predicted molar refractivity (Wildman–Crippen MR) is 148 cm³/mol. The summed E-state index contributed by atoms with van der Waals surface area (Å²) in [5.74, 6) is 0.461. The zero-order valence-corrected chi connectivity index (χ0v) is 22.6. The summed E-state index contributed by atoms with van der Waals surface area (Å²) in [6.45, 7) is 6.43. The van der Waals surface area contributed by atoms with E-state index in [9.17, 15) is 18.0 Å². The van der Waals surface area contributed by atoms with Crippen LogP contribution in [-0.2, 0) is 9.84 Å². The topological polar surface area (TPSA) is 99.7 Å². The van der Waals surface area contributed by atoms with Crippen molar-refractivity contribution in [2.75, 3.05) is 47.5 Å². The molecule has 1 N–H and O–H groups in total. The molecule has 0 aliphatic carbocycles. The number of hydrogen-bond acceptors (Lipinski definition) is 8. The molecule has 2 aromatic heterocycles. The number of carbonyl (C=O) groups is 2. The fourth-order valence-corrected chi connectivity index (χ4v) is 7.37. The number of nitrogens with one attached hydrogen (secondary N) is 1. The monoisotopic (exact) mass is 538 g/mol. The van der Waals surface area contributed by atoms with Crippen LogP contribution in [0.25, 0.3) is 10.6 Å². The van der Waals surface area contributed by atoms with Crippen LogP contribution in [0.4, 0.5) is 11.5 Å². The Morgan fingerprint density at radius 2 is 1.73 bits per heavy atom. The second-order valence-corrected chi connectivity index (χ2v) is 12.8. The molecule has 37 heavy (non-hydrogen) atoms. The minimum Gasteiger partial charge on any atom is -0.368 e.